The van der Waals surface area contributed by atoms with Crippen molar-refractivity contribution in [2.24, 2.45) is 0 Å². The number of nitrogens with two attached hydrogens (primary N) is 1. The number of hydrogen-bond acceptors (Lipinski definition) is 7. The summed E-state index contributed by atoms with van der Waals surface area (Å²) < 4.78 is 10.9. The third kappa shape index (κ3) is 1.79. The molecule has 10 nitrogen and oxygen atoms in total. The van der Waals surface area contributed by atoms with E-state index in [2.05, 4.69) is 22.7 Å². The summed E-state index contributed by atoms with van der Waals surface area (Å²) in [7, 11) is -5.48. The van der Waals surface area contributed by atoms with Gasteiger partial charge in [0.2, 0.25) is 11.1 Å². The van der Waals surface area contributed by atoms with Crippen LogP contribution in [0.15, 0.2) is 5.16 Å². The van der Waals surface area contributed by atoms with Crippen molar-refractivity contribution in [3.8, 4) is 0 Å². The van der Waals surface area contributed by atoms with Gasteiger partial charge in [-0.15, -0.1) is 17.7 Å². The second-order valence-corrected chi connectivity index (χ2v) is 4.78. The minimum absolute atomic E-state index is 0.00154. The fourth-order valence-electron chi connectivity index (χ4n) is 0.881. The van der Waals surface area contributed by atoms with Gasteiger partial charge in [-0.05, 0) is 0 Å². The Balaban J connectivity index is 3.52. The number of hydrogen-bond donors (Lipinski definition) is 6. The summed E-state index contributed by atoms with van der Waals surface area (Å²) in [4.78, 5) is 31.6. The predicted octanol–water partition coefficient (Wildman–Crippen LogP) is -1.99. The highest BCUT2D eigenvalue weighted by molar-refractivity contribution is 7.80. The Bertz CT molecular complexity index is 483. The van der Waals surface area contributed by atoms with Gasteiger partial charge < -0.3 is 25.7 Å². The van der Waals surface area contributed by atoms with Crippen molar-refractivity contribution in [3.63, 3.8) is 0 Å². The zero-order valence-corrected chi connectivity index (χ0v) is 9.21. The van der Waals surface area contributed by atoms with Crippen molar-refractivity contribution in [2.75, 3.05) is 5.73 Å². The van der Waals surface area contributed by atoms with Gasteiger partial charge in [0, 0.05) is 0 Å². The van der Waals surface area contributed by atoms with Gasteiger partial charge in [0.05, 0.1) is 0 Å². The monoisotopic (exact) mass is 270 g/mol. The molecule has 16 heavy (non-hydrogen) atoms. The Morgan fingerprint density at radius 2 is 2.06 bits per heavy atom. The molecular weight excluding hydrogens is 263 g/mol. The van der Waals surface area contributed by atoms with Crippen LogP contribution in [-0.4, -0.2) is 40.7 Å². The van der Waals surface area contributed by atoms with Crippen LogP contribution in [0.3, 0.4) is 0 Å². The smallest absolute Gasteiger partial charge is 0.392 e. The fraction of sp³-hybridized carbons (Fsp3) is 0.250. The molecule has 0 aliphatic rings. The van der Waals surface area contributed by atoms with E-state index in [0.717, 1.165) is 0 Å². The highest BCUT2D eigenvalue weighted by atomic mass is 32.1. The van der Waals surface area contributed by atoms with Crippen molar-refractivity contribution in [1.29, 1.82) is 0 Å². The average molecular weight is 270 g/mol. The van der Waals surface area contributed by atoms with E-state index in [0.29, 0.717) is 0 Å². The topological polar surface area (TPSA) is 172 Å². The summed E-state index contributed by atoms with van der Waals surface area (Å²) >= 11 is 3.59. The van der Waals surface area contributed by atoms with Crippen LogP contribution in [0.4, 0.5) is 5.95 Å². The number of carboxylic acids is 1. The molecular formula is C4H7N4O6PS. The maximum Gasteiger partial charge on any atom is 0.392 e. The van der Waals surface area contributed by atoms with Crippen LogP contribution in [0, 0.1) is 0 Å². The lowest BCUT2D eigenvalue weighted by Gasteiger charge is -2.24. The minimum atomic E-state index is -5.48. The summed E-state index contributed by atoms with van der Waals surface area (Å²) in [6.45, 7) is 0. The first-order valence-electron chi connectivity index (χ1n) is 3.54. The molecule has 0 aromatic carbocycles. The van der Waals surface area contributed by atoms with E-state index in [1.807, 2.05) is 0 Å². The molecule has 0 spiro atoms. The van der Waals surface area contributed by atoms with Crippen LogP contribution in [0.25, 0.3) is 0 Å². The number of aliphatic carboxylic acids is 1. The van der Waals surface area contributed by atoms with Crippen LogP contribution in [-0.2, 0) is 14.8 Å². The SMILES string of the molecule is Nc1nc(S)nn1C(O)(C(=O)O)P(=O)(O)O. The number of anilines is 1. The molecule has 0 amide bonds. The molecule has 12 heteroatoms. The van der Waals surface area contributed by atoms with Crippen LogP contribution < -0.4 is 5.73 Å². The van der Waals surface area contributed by atoms with Gasteiger partial charge in [0.1, 0.15) is 0 Å². The molecule has 0 aliphatic heterocycles. The van der Waals surface area contributed by atoms with Crippen molar-refractivity contribution in [1.82, 2.24) is 14.8 Å². The molecule has 0 saturated carbocycles. The summed E-state index contributed by atoms with van der Waals surface area (Å²) in [5.74, 6) is -2.91. The maximum atomic E-state index is 11.0. The number of carbonyl (C=O) groups is 1. The van der Waals surface area contributed by atoms with Crippen LogP contribution >= 0.6 is 20.2 Å². The number of thiol groups is 1. The molecule has 1 rings (SSSR count). The number of aromatic nitrogens is 3. The number of carboxylic acid groups (broad SMARTS) is 1. The highest BCUT2D eigenvalue weighted by Crippen LogP contribution is 2.52. The second-order valence-electron chi connectivity index (χ2n) is 2.67. The van der Waals surface area contributed by atoms with E-state index in [4.69, 9.17) is 20.6 Å². The van der Waals surface area contributed by atoms with Gasteiger partial charge in [0.25, 0.3) is 0 Å². The Morgan fingerprint density at radius 3 is 2.31 bits per heavy atom. The van der Waals surface area contributed by atoms with Crippen LogP contribution in [0.1, 0.15) is 0 Å². The quantitative estimate of drug-likeness (QED) is 0.268. The summed E-state index contributed by atoms with van der Waals surface area (Å²) in [6, 6.07) is 0. The molecule has 0 fully saturated rings. The molecule has 6 N–H and O–H groups in total. The molecule has 1 aromatic heterocycles. The standard InChI is InChI=1S/C4H7N4O6PS/c5-2-6-3(16)7-8(2)4(11,1(9)10)15(12,13)14/h11H,(H,9,10)(H2,12,13,14)(H3,5,6,7,16). The zero-order chi connectivity index (χ0) is 12.7. The van der Waals surface area contributed by atoms with Gasteiger partial charge in [0.15, 0.2) is 0 Å². The minimum Gasteiger partial charge on any atom is -0.477 e. The molecule has 0 aliphatic carbocycles. The Morgan fingerprint density at radius 1 is 1.56 bits per heavy atom. The van der Waals surface area contributed by atoms with E-state index in [-0.39, 0.29) is 9.84 Å². The van der Waals surface area contributed by atoms with Gasteiger partial charge in [-0.1, -0.05) is 0 Å². The molecule has 1 atom stereocenters. The normalized spacial score (nSPS) is 15.8. The molecule has 1 aromatic rings. The maximum absolute atomic E-state index is 11.0. The zero-order valence-electron chi connectivity index (χ0n) is 7.42. The average Bonchev–Trinajstić information content (AvgIpc) is 2.41. The van der Waals surface area contributed by atoms with Gasteiger partial charge in [-0.2, -0.15) is 9.67 Å². The Labute approximate surface area is 93.3 Å². The van der Waals surface area contributed by atoms with E-state index in [1.165, 1.54) is 0 Å². The Kier molecular flexibility index (Phi) is 3.00. The number of nitrogen functional groups attached to an aromatic ring is 1. The third-order valence-corrected chi connectivity index (χ3v) is 2.99. The lowest BCUT2D eigenvalue weighted by atomic mass is 10.5. The van der Waals surface area contributed by atoms with Crippen molar-refractivity contribution < 1.29 is 29.4 Å². The third-order valence-electron chi connectivity index (χ3n) is 1.61. The van der Waals surface area contributed by atoms with Crippen molar-refractivity contribution in [3.05, 3.63) is 0 Å². The number of rotatable bonds is 3. The highest BCUT2D eigenvalue weighted by Gasteiger charge is 2.57. The molecule has 0 saturated heterocycles. The largest absolute Gasteiger partial charge is 0.477 e. The summed E-state index contributed by atoms with van der Waals surface area (Å²) in [5.41, 5.74) is 1.53. The molecule has 0 radical (unpaired) electrons. The molecule has 1 unspecified atom stereocenters. The second kappa shape index (κ2) is 3.71. The van der Waals surface area contributed by atoms with E-state index in [9.17, 15) is 14.5 Å². The van der Waals surface area contributed by atoms with E-state index < -0.39 is 25.0 Å². The molecule has 0 bridgehead atoms. The molecule has 1 heterocycles. The lowest BCUT2D eigenvalue weighted by molar-refractivity contribution is -0.160. The first kappa shape index (κ1) is 12.9. The van der Waals surface area contributed by atoms with E-state index in [1.54, 1.807) is 0 Å². The molecule has 90 valence electrons. The van der Waals surface area contributed by atoms with Crippen LogP contribution in [0.2, 0.25) is 0 Å². The van der Waals surface area contributed by atoms with Crippen LogP contribution in [0.5, 0.6) is 0 Å². The first-order chi connectivity index (χ1) is 7.10. The van der Waals surface area contributed by atoms with Gasteiger partial charge in [-0.3, -0.25) is 4.57 Å². The lowest BCUT2D eigenvalue weighted by Crippen LogP contribution is -2.43. The first-order valence-corrected chi connectivity index (χ1v) is 5.60. The van der Waals surface area contributed by atoms with Crippen molar-refractivity contribution >= 4 is 32.1 Å². The van der Waals surface area contributed by atoms with Gasteiger partial charge in [-0.25, -0.2) is 4.79 Å². The Hall–Kier alpha value is -1.13. The summed E-state index contributed by atoms with van der Waals surface area (Å²) in [6.07, 6.45) is 0. The predicted molar refractivity (Wildman–Crippen MR) is 51.6 cm³/mol. The van der Waals surface area contributed by atoms with Gasteiger partial charge >= 0.3 is 19.0 Å². The van der Waals surface area contributed by atoms with E-state index >= 15 is 0 Å². The number of aliphatic hydroxyl groups is 1. The van der Waals surface area contributed by atoms with Crippen molar-refractivity contribution in [2.45, 2.75) is 10.6 Å². The number of nitrogens with zero attached hydrogens (tertiary/aromatic N) is 3. The summed E-state index contributed by atoms with van der Waals surface area (Å²) in [5, 5.41) is 21.0. The fourth-order valence-corrected chi connectivity index (χ4v) is 1.72.